The third-order valence-electron chi connectivity index (χ3n) is 13.5. The van der Waals surface area contributed by atoms with Gasteiger partial charge in [-0.25, -0.2) is 0 Å². The third kappa shape index (κ3) is 62.5. The molecule has 0 rings (SSSR count). The Bertz CT molecular complexity index is 1600. The van der Waals surface area contributed by atoms with E-state index >= 15 is 0 Å². The molecule has 0 aromatic heterocycles. The average molecular weight is 1070 g/mol. The van der Waals surface area contributed by atoms with Crippen LogP contribution in [0.3, 0.4) is 0 Å². The third-order valence-corrected chi connectivity index (χ3v) is 13.5. The van der Waals surface area contributed by atoms with Crippen molar-refractivity contribution in [1.82, 2.24) is 0 Å². The zero-order valence-electron chi connectivity index (χ0n) is 50.2. The van der Waals surface area contributed by atoms with Crippen LogP contribution in [0.5, 0.6) is 0 Å². The molecule has 6 heteroatoms. The summed E-state index contributed by atoms with van der Waals surface area (Å²) in [5, 5.41) is 0. The number of hydrogen-bond donors (Lipinski definition) is 0. The van der Waals surface area contributed by atoms with Crippen LogP contribution >= 0.6 is 0 Å². The Balaban J connectivity index is 4.49. The van der Waals surface area contributed by atoms with Crippen molar-refractivity contribution in [1.29, 1.82) is 0 Å². The zero-order chi connectivity index (χ0) is 55.7. The summed E-state index contributed by atoms with van der Waals surface area (Å²) in [6.45, 7) is 6.39. The minimum absolute atomic E-state index is 0.0983. The van der Waals surface area contributed by atoms with E-state index in [0.29, 0.717) is 25.7 Å². The molecule has 6 nitrogen and oxygen atoms in total. The number of esters is 3. The van der Waals surface area contributed by atoms with E-state index < -0.39 is 6.10 Å². The lowest BCUT2D eigenvalue weighted by Crippen LogP contribution is -2.30. The summed E-state index contributed by atoms with van der Waals surface area (Å²) in [7, 11) is 0. The molecule has 0 radical (unpaired) electrons. The fourth-order valence-electron chi connectivity index (χ4n) is 8.73. The quantitative estimate of drug-likeness (QED) is 0.0261. The van der Waals surface area contributed by atoms with Crippen LogP contribution in [-0.4, -0.2) is 37.2 Å². The summed E-state index contributed by atoms with van der Waals surface area (Å²) < 4.78 is 16.9. The van der Waals surface area contributed by atoms with Gasteiger partial charge < -0.3 is 14.2 Å². The Labute approximate surface area is 475 Å². The van der Waals surface area contributed by atoms with Crippen molar-refractivity contribution in [2.45, 2.75) is 297 Å². The number of unbranched alkanes of at least 4 members (excludes halogenated alkanes) is 26. The molecule has 0 heterocycles. The maximum absolute atomic E-state index is 12.9. The number of rotatable bonds is 57. The number of carbonyl (C=O) groups excluding carboxylic acids is 3. The highest BCUT2D eigenvalue weighted by Crippen LogP contribution is 2.16. The first-order valence-electron chi connectivity index (χ1n) is 32.0. The van der Waals surface area contributed by atoms with Crippen LogP contribution in [0.1, 0.15) is 290 Å². The molecule has 77 heavy (non-hydrogen) atoms. The Morgan fingerprint density at radius 3 is 0.818 bits per heavy atom. The lowest BCUT2D eigenvalue weighted by molar-refractivity contribution is -0.167. The van der Waals surface area contributed by atoms with Crippen molar-refractivity contribution in [3.8, 4) is 0 Å². The summed E-state index contributed by atoms with van der Waals surface area (Å²) in [4.78, 5) is 38.4. The fraction of sp³-hybridized carbons (Fsp3) is 0.676. The normalized spacial score (nSPS) is 12.9. The van der Waals surface area contributed by atoms with Crippen LogP contribution in [0.15, 0.2) is 122 Å². The van der Waals surface area contributed by atoms with E-state index in [4.69, 9.17) is 14.2 Å². The monoisotopic (exact) mass is 1070 g/mol. The van der Waals surface area contributed by atoms with Crippen molar-refractivity contribution >= 4 is 17.9 Å². The van der Waals surface area contributed by atoms with Crippen molar-refractivity contribution < 1.29 is 28.6 Å². The predicted molar refractivity (Wildman–Crippen MR) is 334 cm³/mol. The minimum atomic E-state index is -0.808. The number of carbonyl (C=O) groups is 3. The standard InChI is InChI=1S/C71H118O6/c1-4-7-10-13-16-19-22-25-28-31-34-35-38-40-43-46-49-52-55-58-61-64-70(73)76-67-68(77-71(74)65-62-59-56-53-50-47-44-41-37-33-30-27-24-21-18-15-12-9-6-3)66-75-69(72)63-60-57-54-51-48-45-42-39-36-32-29-26-23-20-17-14-11-8-5-2/h7,9-10,12,16,18-19,21,25,27-28,30,34-35,37,40-41,43,49,52,68H,4-6,8,11,13-15,17,20,22-24,26,29,31-33,36,38-39,42,44-48,50-51,53-67H2,1-3H3/b10-7-,12-9-,19-16-,21-18-,28-25-,30-27-,35-34-,41-37-,43-40-,52-49-. The van der Waals surface area contributed by atoms with Gasteiger partial charge >= 0.3 is 17.9 Å². The largest absolute Gasteiger partial charge is 0.462 e. The maximum Gasteiger partial charge on any atom is 0.306 e. The smallest absolute Gasteiger partial charge is 0.306 e. The van der Waals surface area contributed by atoms with Gasteiger partial charge in [0.25, 0.3) is 0 Å². The molecular formula is C71H118O6. The molecule has 0 saturated carbocycles. The second-order valence-electron chi connectivity index (χ2n) is 20.9. The van der Waals surface area contributed by atoms with Gasteiger partial charge in [-0.05, 0) is 109 Å². The summed E-state index contributed by atoms with van der Waals surface area (Å²) >= 11 is 0. The van der Waals surface area contributed by atoms with Crippen molar-refractivity contribution in [3.05, 3.63) is 122 Å². The van der Waals surface area contributed by atoms with Crippen LogP contribution in [0.2, 0.25) is 0 Å². The average Bonchev–Trinajstić information content (AvgIpc) is 3.43. The summed E-state index contributed by atoms with van der Waals surface area (Å²) in [5.74, 6) is -0.950. The SMILES string of the molecule is CC/C=C\C/C=C\C/C=C\C/C=C\C/C=C\C/C=C\CCCCC(=O)OCC(COC(=O)CCCCCCCCCCCCCCCCCCCCC)OC(=O)CCCCCCCC/C=C\C/C=C\C/C=C\C/C=C\CC. The van der Waals surface area contributed by atoms with Crippen LogP contribution in [0, 0.1) is 0 Å². The van der Waals surface area contributed by atoms with Gasteiger partial charge in [-0.1, -0.05) is 284 Å². The Morgan fingerprint density at radius 1 is 0.273 bits per heavy atom. The number of hydrogen-bond acceptors (Lipinski definition) is 6. The Kier molecular flexibility index (Phi) is 60.8. The molecule has 1 atom stereocenters. The molecule has 0 aliphatic heterocycles. The Hall–Kier alpha value is -4.19. The highest BCUT2D eigenvalue weighted by Gasteiger charge is 2.19. The molecular weight excluding hydrogens is 949 g/mol. The van der Waals surface area contributed by atoms with Crippen molar-refractivity contribution in [3.63, 3.8) is 0 Å². The van der Waals surface area contributed by atoms with Gasteiger partial charge in [0.15, 0.2) is 6.10 Å². The van der Waals surface area contributed by atoms with E-state index in [1.807, 2.05) is 0 Å². The minimum Gasteiger partial charge on any atom is -0.462 e. The molecule has 0 N–H and O–H groups in total. The Morgan fingerprint density at radius 2 is 0.506 bits per heavy atom. The molecule has 0 amide bonds. The maximum atomic E-state index is 12.9. The van der Waals surface area contributed by atoms with E-state index in [9.17, 15) is 14.4 Å². The zero-order valence-corrected chi connectivity index (χ0v) is 50.2. The first-order valence-corrected chi connectivity index (χ1v) is 32.0. The van der Waals surface area contributed by atoms with Gasteiger partial charge in [-0.3, -0.25) is 14.4 Å². The summed E-state index contributed by atoms with van der Waals surface area (Å²) in [6, 6.07) is 0. The van der Waals surface area contributed by atoms with Crippen LogP contribution in [0.4, 0.5) is 0 Å². The molecule has 0 spiro atoms. The molecule has 0 aliphatic rings. The van der Waals surface area contributed by atoms with E-state index in [1.54, 1.807) is 0 Å². The van der Waals surface area contributed by atoms with E-state index in [0.717, 1.165) is 128 Å². The van der Waals surface area contributed by atoms with E-state index in [-0.39, 0.29) is 31.1 Å². The molecule has 0 aliphatic carbocycles. The van der Waals surface area contributed by atoms with Gasteiger partial charge in [0.05, 0.1) is 0 Å². The second-order valence-corrected chi connectivity index (χ2v) is 20.9. The highest BCUT2D eigenvalue weighted by molar-refractivity contribution is 5.71. The van der Waals surface area contributed by atoms with Crippen LogP contribution in [0.25, 0.3) is 0 Å². The highest BCUT2D eigenvalue weighted by atomic mass is 16.6. The topological polar surface area (TPSA) is 78.9 Å². The number of ether oxygens (including phenoxy) is 3. The van der Waals surface area contributed by atoms with Crippen molar-refractivity contribution in [2.75, 3.05) is 13.2 Å². The molecule has 438 valence electrons. The van der Waals surface area contributed by atoms with Gasteiger partial charge in [0, 0.05) is 19.3 Å². The van der Waals surface area contributed by atoms with Gasteiger partial charge in [0.2, 0.25) is 0 Å². The molecule has 0 aromatic rings. The van der Waals surface area contributed by atoms with Gasteiger partial charge in [0.1, 0.15) is 13.2 Å². The fourth-order valence-corrected chi connectivity index (χ4v) is 8.73. The lowest BCUT2D eigenvalue weighted by Gasteiger charge is -2.18. The van der Waals surface area contributed by atoms with Crippen LogP contribution in [-0.2, 0) is 28.6 Å². The molecule has 0 fully saturated rings. The van der Waals surface area contributed by atoms with E-state index in [2.05, 4.69) is 142 Å². The lowest BCUT2D eigenvalue weighted by atomic mass is 10.0. The van der Waals surface area contributed by atoms with E-state index in [1.165, 1.54) is 116 Å². The van der Waals surface area contributed by atoms with Gasteiger partial charge in [-0.2, -0.15) is 0 Å². The first-order chi connectivity index (χ1) is 38.0. The molecule has 0 aromatic carbocycles. The van der Waals surface area contributed by atoms with Crippen LogP contribution < -0.4 is 0 Å². The molecule has 0 bridgehead atoms. The first kappa shape index (κ1) is 72.8. The second kappa shape index (κ2) is 64.3. The number of allylic oxidation sites excluding steroid dienone is 20. The summed E-state index contributed by atoms with van der Waals surface area (Å²) in [6.07, 6.45) is 89.1. The molecule has 0 saturated heterocycles. The molecule has 1 unspecified atom stereocenters. The van der Waals surface area contributed by atoms with Gasteiger partial charge in [-0.15, -0.1) is 0 Å². The summed E-state index contributed by atoms with van der Waals surface area (Å²) in [5.41, 5.74) is 0. The predicted octanol–water partition coefficient (Wildman–Crippen LogP) is 22.0. The van der Waals surface area contributed by atoms with Crippen molar-refractivity contribution in [2.24, 2.45) is 0 Å².